The molecule has 14 heavy (non-hydrogen) atoms. The minimum absolute atomic E-state index is 0.248. The van der Waals surface area contributed by atoms with Gasteiger partial charge in [0.05, 0.1) is 0 Å². The van der Waals surface area contributed by atoms with Crippen molar-refractivity contribution in [3.8, 4) is 0 Å². The van der Waals surface area contributed by atoms with Crippen LogP contribution in [0, 0.1) is 0 Å². The van der Waals surface area contributed by atoms with E-state index in [-0.39, 0.29) is 6.61 Å². The number of unbranched alkanes of at least 4 members (excludes halogenated alkanes) is 1. The molecule has 0 fully saturated rings. The van der Waals surface area contributed by atoms with E-state index in [1.54, 1.807) is 0 Å². The lowest BCUT2D eigenvalue weighted by Gasteiger charge is -2.08. The van der Waals surface area contributed by atoms with Gasteiger partial charge in [-0.25, -0.2) is 0 Å². The topological polar surface area (TPSA) is 32.3 Å². The number of hydrogen-bond acceptors (Lipinski definition) is 2. The molecule has 2 N–H and O–H groups in total. The monoisotopic (exact) mass is 277 g/mol. The maximum atomic E-state index is 8.60. The molecule has 1 rings (SSSR count). The molecule has 4 heteroatoms. The van der Waals surface area contributed by atoms with Gasteiger partial charge >= 0.3 is 0 Å². The van der Waals surface area contributed by atoms with Crippen LogP contribution in [0.2, 0.25) is 5.02 Å². The van der Waals surface area contributed by atoms with Crippen LogP contribution in [-0.2, 0) is 0 Å². The molecule has 0 radical (unpaired) electrons. The van der Waals surface area contributed by atoms with Crippen LogP contribution in [0.25, 0.3) is 0 Å². The van der Waals surface area contributed by atoms with Crippen molar-refractivity contribution in [2.24, 2.45) is 0 Å². The third kappa shape index (κ3) is 3.86. The van der Waals surface area contributed by atoms with Crippen molar-refractivity contribution in [1.82, 2.24) is 0 Å². The van der Waals surface area contributed by atoms with Crippen molar-refractivity contribution in [3.05, 3.63) is 27.7 Å². The maximum absolute atomic E-state index is 8.60. The van der Waals surface area contributed by atoms with Crippen molar-refractivity contribution in [1.29, 1.82) is 0 Å². The first-order valence-corrected chi connectivity index (χ1v) is 5.71. The summed E-state index contributed by atoms with van der Waals surface area (Å²) >= 11 is 9.29. The number of nitrogens with one attached hydrogen (secondary N) is 1. The average molecular weight is 279 g/mol. The lowest BCUT2D eigenvalue weighted by atomic mass is 10.3. The number of anilines is 1. The first kappa shape index (κ1) is 11.8. The molecular weight excluding hydrogens is 265 g/mol. The summed E-state index contributed by atoms with van der Waals surface area (Å²) in [5.41, 5.74) is 0.996. The van der Waals surface area contributed by atoms with Gasteiger partial charge in [0.25, 0.3) is 0 Å². The van der Waals surface area contributed by atoms with Gasteiger partial charge in [-0.2, -0.15) is 0 Å². The second-order valence-corrected chi connectivity index (χ2v) is 4.27. The zero-order valence-corrected chi connectivity index (χ0v) is 10.1. The van der Waals surface area contributed by atoms with Crippen LogP contribution in [0.3, 0.4) is 0 Å². The van der Waals surface area contributed by atoms with Gasteiger partial charge in [0.1, 0.15) is 0 Å². The zero-order chi connectivity index (χ0) is 10.4. The molecule has 78 valence electrons. The second-order valence-electron chi connectivity index (χ2n) is 2.98. The highest BCUT2D eigenvalue weighted by Gasteiger charge is 1.99. The average Bonchev–Trinajstić information content (AvgIpc) is 2.18. The molecule has 0 aliphatic heterocycles. The SMILES string of the molecule is OCCCCNc1cc(Cl)ccc1Br. The molecule has 0 saturated carbocycles. The largest absolute Gasteiger partial charge is 0.396 e. The summed E-state index contributed by atoms with van der Waals surface area (Å²) in [4.78, 5) is 0. The molecule has 0 amide bonds. The normalized spacial score (nSPS) is 10.2. The summed E-state index contributed by atoms with van der Waals surface area (Å²) in [6, 6.07) is 5.63. The fraction of sp³-hybridized carbons (Fsp3) is 0.400. The Kier molecular flexibility index (Phi) is 5.30. The lowest BCUT2D eigenvalue weighted by Crippen LogP contribution is -2.02. The predicted octanol–water partition coefficient (Wildman–Crippen LogP) is 3.29. The molecule has 1 aromatic carbocycles. The van der Waals surface area contributed by atoms with Gasteiger partial charge in [-0.1, -0.05) is 11.6 Å². The van der Waals surface area contributed by atoms with Gasteiger partial charge < -0.3 is 10.4 Å². The molecule has 0 spiro atoms. The Bertz CT molecular complexity index is 293. The number of hydrogen-bond donors (Lipinski definition) is 2. The van der Waals surface area contributed by atoms with Crippen molar-refractivity contribution >= 4 is 33.2 Å². The van der Waals surface area contributed by atoms with E-state index < -0.39 is 0 Å². The van der Waals surface area contributed by atoms with Crippen LogP contribution < -0.4 is 5.32 Å². The van der Waals surface area contributed by atoms with Crippen LogP contribution in [0.15, 0.2) is 22.7 Å². The number of rotatable bonds is 5. The zero-order valence-electron chi connectivity index (χ0n) is 7.76. The van der Waals surface area contributed by atoms with E-state index in [0.29, 0.717) is 0 Å². The van der Waals surface area contributed by atoms with Crippen molar-refractivity contribution in [2.45, 2.75) is 12.8 Å². The fourth-order valence-corrected chi connectivity index (χ4v) is 1.65. The molecule has 1 aromatic rings. The quantitative estimate of drug-likeness (QED) is 0.810. The van der Waals surface area contributed by atoms with Gasteiger partial charge in [0.15, 0.2) is 0 Å². The summed E-state index contributed by atoms with van der Waals surface area (Å²) in [5, 5.41) is 12.6. The standard InChI is InChI=1S/C10H13BrClNO/c11-9-4-3-8(12)7-10(9)13-5-1-2-6-14/h3-4,7,13-14H,1-2,5-6H2. The minimum atomic E-state index is 0.248. The second kappa shape index (κ2) is 6.27. The number of benzene rings is 1. The third-order valence-corrected chi connectivity index (χ3v) is 2.76. The Balaban J connectivity index is 2.45. The summed E-state index contributed by atoms with van der Waals surface area (Å²) in [7, 11) is 0. The van der Waals surface area contributed by atoms with Gasteiger partial charge in [-0.15, -0.1) is 0 Å². The first-order valence-electron chi connectivity index (χ1n) is 4.54. The van der Waals surface area contributed by atoms with E-state index in [1.165, 1.54) is 0 Å². The van der Waals surface area contributed by atoms with E-state index in [4.69, 9.17) is 16.7 Å². The van der Waals surface area contributed by atoms with E-state index in [1.807, 2.05) is 18.2 Å². The van der Waals surface area contributed by atoms with E-state index >= 15 is 0 Å². The molecule has 0 heterocycles. The third-order valence-electron chi connectivity index (χ3n) is 1.83. The van der Waals surface area contributed by atoms with E-state index in [0.717, 1.165) is 34.6 Å². The van der Waals surface area contributed by atoms with Crippen LogP contribution in [0.5, 0.6) is 0 Å². The smallest absolute Gasteiger partial charge is 0.0499 e. The maximum Gasteiger partial charge on any atom is 0.0499 e. The molecule has 0 saturated heterocycles. The number of aliphatic hydroxyl groups excluding tert-OH is 1. The summed E-state index contributed by atoms with van der Waals surface area (Å²) in [6.45, 7) is 1.10. The summed E-state index contributed by atoms with van der Waals surface area (Å²) < 4.78 is 1.01. The molecule has 0 aromatic heterocycles. The molecule has 0 bridgehead atoms. The van der Waals surface area contributed by atoms with Gasteiger partial charge in [-0.05, 0) is 47.0 Å². The van der Waals surface area contributed by atoms with Crippen molar-refractivity contribution in [2.75, 3.05) is 18.5 Å². The fourth-order valence-electron chi connectivity index (χ4n) is 1.09. The van der Waals surface area contributed by atoms with Crippen molar-refractivity contribution < 1.29 is 5.11 Å². The molecule has 0 unspecified atom stereocenters. The Hall–Kier alpha value is -0.250. The molecule has 0 aliphatic carbocycles. The Morgan fingerprint density at radius 2 is 2.14 bits per heavy atom. The minimum Gasteiger partial charge on any atom is -0.396 e. The lowest BCUT2D eigenvalue weighted by molar-refractivity contribution is 0.286. The van der Waals surface area contributed by atoms with Gasteiger partial charge in [0.2, 0.25) is 0 Å². The number of aliphatic hydroxyl groups is 1. The van der Waals surface area contributed by atoms with Gasteiger partial charge in [-0.3, -0.25) is 0 Å². The number of halogens is 2. The predicted molar refractivity (Wildman–Crippen MR) is 64.0 cm³/mol. The molecule has 0 atom stereocenters. The highest BCUT2D eigenvalue weighted by molar-refractivity contribution is 9.10. The molecule has 2 nitrogen and oxygen atoms in total. The first-order chi connectivity index (χ1) is 6.74. The van der Waals surface area contributed by atoms with Crippen LogP contribution >= 0.6 is 27.5 Å². The summed E-state index contributed by atoms with van der Waals surface area (Å²) in [5.74, 6) is 0. The Morgan fingerprint density at radius 1 is 1.36 bits per heavy atom. The van der Waals surface area contributed by atoms with Crippen LogP contribution in [-0.4, -0.2) is 18.3 Å². The Morgan fingerprint density at radius 3 is 2.86 bits per heavy atom. The van der Waals surface area contributed by atoms with Crippen LogP contribution in [0.1, 0.15) is 12.8 Å². The van der Waals surface area contributed by atoms with E-state index in [9.17, 15) is 0 Å². The molecule has 0 aliphatic rings. The Labute approximate surface area is 97.4 Å². The van der Waals surface area contributed by atoms with Crippen molar-refractivity contribution in [3.63, 3.8) is 0 Å². The van der Waals surface area contributed by atoms with Crippen LogP contribution in [0.4, 0.5) is 5.69 Å². The molecular formula is C10H13BrClNO. The van der Waals surface area contributed by atoms with Gasteiger partial charge in [0, 0.05) is 28.3 Å². The highest BCUT2D eigenvalue weighted by atomic mass is 79.9. The highest BCUT2D eigenvalue weighted by Crippen LogP contribution is 2.25. The van der Waals surface area contributed by atoms with E-state index in [2.05, 4.69) is 21.2 Å². The summed E-state index contributed by atoms with van der Waals surface area (Å²) in [6.07, 6.45) is 1.78.